The van der Waals surface area contributed by atoms with Crippen molar-refractivity contribution in [3.05, 3.63) is 23.8 Å². The molecule has 1 heterocycles. The first-order valence-electron chi connectivity index (χ1n) is 6.14. The van der Waals surface area contributed by atoms with Crippen molar-refractivity contribution < 1.29 is 0 Å². The third-order valence-corrected chi connectivity index (χ3v) is 3.54. The summed E-state index contributed by atoms with van der Waals surface area (Å²) in [6, 6.07) is 8.34. The second-order valence-corrected chi connectivity index (χ2v) is 4.61. The highest BCUT2D eigenvalue weighted by molar-refractivity contribution is 5.80. The van der Waals surface area contributed by atoms with Crippen LogP contribution >= 0.6 is 0 Å². The molecule has 0 saturated heterocycles. The molecule has 1 aromatic heterocycles. The van der Waals surface area contributed by atoms with Gasteiger partial charge in [0.2, 0.25) is 0 Å². The Labute approximate surface area is 99.8 Å². The lowest BCUT2D eigenvalue weighted by atomic mass is 9.95. The molecule has 86 valence electrons. The summed E-state index contributed by atoms with van der Waals surface area (Å²) in [4.78, 5) is 0. The number of hydrogen-bond acceptors (Lipinski definition) is 3. The first kappa shape index (κ1) is 10.3. The molecule has 0 amide bonds. The quantitative estimate of drug-likeness (QED) is 0.751. The summed E-state index contributed by atoms with van der Waals surface area (Å²) in [5.41, 5.74) is 2.35. The van der Waals surface area contributed by atoms with Crippen LogP contribution in [-0.2, 0) is 0 Å². The first-order valence-corrected chi connectivity index (χ1v) is 6.14. The van der Waals surface area contributed by atoms with Crippen LogP contribution in [0.5, 0.6) is 0 Å². The number of benzene rings is 1. The molecule has 1 aromatic carbocycles. The second kappa shape index (κ2) is 4.17. The maximum atomic E-state index is 9.03. The van der Waals surface area contributed by atoms with Crippen molar-refractivity contribution >= 4 is 11.0 Å². The van der Waals surface area contributed by atoms with Crippen LogP contribution in [0.1, 0.15) is 43.7 Å². The number of aromatic nitrogens is 3. The zero-order valence-corrected chi connectivity index (χ0v) is 9.63. The molecule has 4 heteroatoms. The lowest BCUT2D eigenvalue weighted by Gasteiger charge is -2.21. The molecule has 1 fully saturated rings. The van der Waals surface area contributed by atoms with Gasteiger partial charge in [-0.25, -0.2) is 4.68 Å². The van der Waals surface area contributed by atoms with Gasteiger partial charge in [-0.1, -0.05) is 30.5 Å². The van der Waals surface area contributed by atoms with Gasteiger partial charge in [-0.05, 0) is 25.0 Å². The number of fused-ring (bicyclic) bond motifs is 1. The molecule has 0 unspecified atom stereocenters. The summed E-state index contributed by atoms with van der Waals surface area (Å²) < 4.78 is 2.01. The van der Waals surface area contributed by atoms with Gasteiger partial charge in [0, 0.05) is 0 Å². The van der Waals surface area contributed by atoms with Gasteiger partial charge in [-0.15, -0.1) is 5.10 Å². The van der Waals surface area contributed by atoms with Gasteiger partial charge in [0.25, 0.3) is 0 Å². The molecular weight excluding hydrogens is 212 g/mol. The van der Waals surface area contributed by atoms with Crippen molar-refractivity contribution in [2.45, 2.75) is 38.1 Å². The van der Waals surface area contributed by atoms with E-state index in [0.717, 1.165) is 11.0 Å². The van der Waals surface area contributed by atoms with Crippen LogP contribution in [-0.4, -0.2) is 15.0 Å². The molecule has 0 bridgehead atoms. The number of nitriles is 1. The predicted octanol–water partition coefficient (Wildman–Crippen LogP) is 2.81. The summed E-state index contributed by atoms with van der Waals surface area (Å²) >= 11 is 0. The van der Waals surface area contributed by atoms with Crippen molar-refractivity contribution in [1.82, 2.24) is 15.0 Å². The van der Waals surface area contributed by atoms with Crippen LogP contribution in [0.3, 0.4) is 0 Å². The van der Waals surface area contributed by atoms with E-state index in [-0.39, 0.29) is 0 Å². The number of rotatable bonds is 1. The third-order valence-electron chi connectivity index (χ3n) is 3.54. The standard InChI is InChI=1S/C13H14N4/c14-9-10-5-4-8-12-13(10)15-16-17(12)11-6-2-1-3-7-11/h4-5,8,11H,1-3,6-7H2. The minimum Gasteiger partial charge on any atom is -0.242 e. The molecule has 3 rings (SSSR count). The van der Waals surface area contributed by atoms with E-state index >= 15 is 0 Å². The SMILES string of the molecule is N#Cc1cccc2c1nnn2C1CCCCC1. The topological polar surface area (TPSA) is 54.5 Å². The van der Waals surface area contributed by atoms with Gasteiger partial charge < -0.3 is 0 Å². The Kier molecular flexibility index (Phi) is 2.52. The Morgan fingerprint density at radius 3 is 2.82 bits per heavy atom. The molecule has 0 atom stereocenters. The Hall–Kier alpha value is -1.89. The van der Waals surface area contributed by atoms with Crippen molar-refractivity contribution in [2.24, 2.45) is 0 Å². The Balaban J connectivity index is 2.09. The predicted molar refractivity (Wildman–Crippen MR) is 64.4 cm³/mol. The summed E-state index contributed by atoms with van der Waals surface area (Å²) in [7, 11) is 0. The van der Waals surface area contributed by atoms with Crippen molar-refractivity contribution in [3.63, 3.8) is 0 Å². The Morgan fingerprint density at radius 1 is 1.24 bits per heavy atom. The molecule has 2 aromatic rings. The van der Waals surface area contributed by atoms with Crippen molar-refractivity contribution in [1.29, 1.82) is 5.26 Å². The van der Waals surface area contributed by atoms with E-state index < -0.39 is 0 Å². The minimum absolute atomic E-state index is 0.461. The first-order chi connectivity index (χ1) is 8.40. The van der Waals surface area contributed by atoms with Gasteiger partial charge in [-0.3, -0.25) is 0 Å². The average Bonchev–Trinajstić information content (AvgIpc) is 2.83. The third kappa shape index (κ3) is 1.68. The fraction of sp³-hybridized carbons (Fsp3) is 0.462. The maximum absolute atomic E-state index is 9.03. The largest absolute Gasteiger partial charge is 0.242 e. The fourth-order valence-corrected chi connectivity index (χ4v) is 2.65. The van der Waals surface area contributed by atoms with Gasteiger partial charge in [0.05, 0.1) is 17.1 Å². The zero-order chi connectivity index (χ0) is 11.7. The monoisotopic (exact) mass is 226 g/mol. The van der Waals surface area contributed by atoms with Gasteiger partial charge in [0.1, 0.15) is 11.6 Å². The van der Waals surface area contributed by atoms with Gasteiger partial charge >= 0.3 is 0 Å². The molecule has 17 heavy (non-hydrogen) atoms. The molecular formula is C13H14N4. The smallest absolute Gasteiger partial charge is 0.130 e. The van der Waals surface area contributed by atoms with E-state index in [2.05, 4.69) is 16.4 Å². The summed E-state index contributed by atoms with van der Waals surface area (Å²) in [6.45, 7) is 0. The second-order valence-electron chi connectivity index (χ2n) is 4.61. The van der Waals surface area contributed by atoms with Crippen molar-refractivity contribution in [3.8, 4) is 6.07 Å². The molecule has 0 N–H and O–H groups in total. The summed E-state index contributed by atoms with van der Waals surface area (Å²) in [5.74, 6) is 0. The van der Waals surface area contributed by atoms with Crippen LogP contribution < -0.4 is 0 Å². The summed E-state index contributed by atoms with van der Waals surface area (Å²) in [6.07, 6.45) is 6.21. The van der Waals surface area contributed by atoms with E-state index in [9.17, 15) is 0 Å². The maximum Gasteiger partial charge on any atom is 0.130 e. The van der Waals surface area contributed by atoms with E-state index in [4.69, 9.17) is 5.26 Å². The Bertz CT molecular complexity index is 573. The van der Waals surface area contributed by atoms with E-state index in [0.29, 0.717) is 11.6 Å². The molecule has 0 aliphatic heterocycles. The van der Waals surface area contributed by atoms with Crippen LogP contribution in [0.15, 0.2) is 18.2 Å². The van der Waals surface area contributed by atoms with E-state index in [1.54, 1.807) is 6.07 Å². The average molecular weight is 226 g/mol. The normalized spacial score (nSPS) is 17.1. The fourth-order valence-electron chi connectivity index (χ4n) is 2.65. The minimum atomic E-state index is 0.461. The zero-order valence-electron chi connectivity index (χ0n) is 9.63. The van der Waals surface area contributed by atoms with Crippen LogP contribution in [0.2, 0.25) is 0 Å². The lowest BCUT2D eigenvalue weighted by molar-refractivity contribution is 0.331. The Morgan fingerprint density at radius 2 is 2.06 bits per heavy atom. The van der Waals surface area contributed by atoms with Crippen LogP contribution in [0.25, 0.3) is 11.0 Å². The van der Waals surface area contributed by atoms with E-state index in [1.807, 2.05) is 16.8 Å². The number of nitrogens with zero attached hydrogens (tertiary/aromatic N) is 4. The molecule has 1 saturated carbocycles. The van der Waals surface area contributed by atoms with Crippen LogP contribution in [0, 0.1) is 11.3 Å². The molecule has 0 spiro atoms. The highest BCUT2D eigenvalue weighted by Gasteiger charge is 2.19. The molecule has 0 radical (unpaired) electrons. The highest BCUT2D eigenvalue weighted by Crippen LogP contribution is 2.30. The van der Waals surface area contributed by atoms with Crippen molar-refractivity contribution in [2.75, 3.05) is 0 Å². The lowest BCUT2D eigenvalue weighted by Crippen LogP contribution is -2.14. The molecule has 1 aliphatic rings. The van der Waals surface area contributed by atoms with E-state index in [1.165, 1.54) is 32.1 Å². The molecule has 1 aliphatic carbocycles. The van der Waals surface area contributed by atoms with Gasteiger partial charge in [-0.2, -0.15) is 5.26 Å². The number of hydrogen-bond donors (Lipinski definition) is 0. The molecule has 4 nitrogen and oxygen atoms in total. The van der Waals surface area contributed by atoms with Gasteiger partial charge in [0.15, 0.2) is 0 Å². The van der Waals surface area contributed by atoms with Crippen LogP contribution in [0.4, 0.5) is 0 Å². The summed E-state index contributed by atoms with van der Waals surface area (Å²) in [5, 5.41) is 17.4. The highest BCUT2D eigenvalue weighted by atomic mass is 15.4.